The van der Waals surface area contributed by atoms with Crippen LogP contribution in [0.3, 0.4) is 0 Å². The van der Waals surface area contributed by atoms with E-state index in [0.29, 0.717) is 30.9 Å². The first-order valence-corrected chi connectivity index (χ1v) is 9.86. The highest BCUT2D eigenvalue weighted by atomic mass is 16.5. The van der Waals surface area contributed by atoms with Crippen molar-refractivity contribution >= 4 is 17.1 Å². The Morgan fingerprint density at radius 2 is 2.06 bits per heavy atom. The average Bonchev–Trinajstić information content (AvgIpc) is 3.43. The Kier molecular flexibility index (Phi) is 4.69. The molecule has 0 aliphatic carbocycles. The lowest BCUT2D eigenvalue weighted by Crippen LogP contribution is -2.60. The highest BCUT2D eigenvalue weighted by Crippen LogP contribution is 2.30. The molecule has 0 saturated carbocycles. The second-order valence-electron chi connectivity index (χ2n) is 7.52. The van der Waals surface area contributed by atoms with Crippen molar-refractivity contribution < 1.29 is 9.53 Å². The van der Waals surface area contributed by atoms with Crippen LogP contribution < -0.4 is 5.32 Å². The number of carbonyl (C=O) groups excluding carboxylic acids is 1. The van der Waals surface area contributed by atoms with Crippen molar-refractivity contribution in [2.75, 3.05) is 13.1 Å². The minimum Gasteiger partial charge on any atom is -0.444 e. The largest absolute Gasteiger partial charge is 0.444 e. The van der Waals surface area contributed by atoms with Gasteiger partial charge >= 0.3 is 6.09 Å². The van der Waals surface area contributed by atoms with Crippen molar-refractivity contribution in [3.63, 3.8) is 0 Å². The first kappa shape index (κ1) is 19.0. The zero-order valence-electron chi connectivity index (χ0n) is 16.6. The summed E-state index contributed by atoms with van der Waals surface area (Å²) in [5.41, 5.74) is 2.52. The number of rotatable bonds is 5. The van der Waals surface area contributed by atoms with Gasteiger partial charge in [0.1, 0.15) is 18.5 Å². The van der Waals surface area contributed by atoms with E-state index in [1.54, 1.807) is 18.5 Å². The van der Waals surface area contributed by atoms with E-state index in [1.807, 2.05) is 41.2 Å². The van der Waals surface area contributed by atoms with Gasteiger partial charge in [-0.1, -0.05) is 30.3 Å². The summed E-state index contributed by atoms with van der Waals surface area (Å²) >= 11 is 0. The van der Waals surface area contributed by atoms with E-state index in [0.717, 1.165) is 16.5 Å². The molecular weight excluding hydrogens is 394 g/mol. The van der Waals surface area contributed by atoms with Gasteiger partial charge in [-0.15, -0.1) is 0 Å². The maximum absolute atomic E-state index is 12.6. The van der Waals surface area contributed by atoms with Crippen LogP contribution >= 0.6 is 0 Å². The maximum Gasteiger partial charge on any atom is 0.420 e. The fourth-order valence-corrected chi connectivity index (χ4v) is 3.75. The molecule has 0 spiro atoms. The SMILES string of the molecule is N#CCC1(n2cc(-c3ncnc4c3ccn4C(=O)OCc3ccccc3)cn2)CNC1. The molecule has 1 N–H and O–H groups in total. The van der Waals surface area contributed by atoms with Crippen molar-refractivity contribution in [2.24, 2.45) is 0 Å². The third-order valence-electron chi connectivity index (χ3n) is 5.54. The Balaban J connectivity index is 1.42. The predicted octanol–water partition coefficient (Wildman–Crippen LogP) is 2.69. The predicted molar refractivity (Wildman–Crippen MR) is 112 cm³/mol. The molecule has 3 aromatic heterocycles. The van der Waals surface area contributed by atoms with Crippen LogP contribution in [0.15, 0.2) is 61.3 Å². The van der Waals surface area contributed by atoms with Crippen LogP contribution in [0.25, 0.3) is 22.3 Å². The van der Waals surface area contributed by atoms with Gasteiger partial charge in [-0.2, -0.15) is 10.4 Å². The minimum atomic E-state index is -0.507. The number of hydrogen-bond acceptors (Lipinski definition) is 7. The molecule has 1 aromatic carbocycles. The molecule has 0 atom stereocenters. The van der Waals surface area contributed by atoms with Crippen molar-refractivity contribution in [1.29, 1.82) is 5.26 Å². The molecule has 9 nitrogen and oxygen atoms in total. The van der Waals surface area contributed by atoms with Crippen molar-refractivity contribution in [1.82, 2.24) is 29.6 Å². The number of ether oxygens (including phenoxy) is 1. The Hall–Kier alpha value is -4.03. The van der Waals surface area contributed by atoms with Crippen molar-refractivity contribution in [3.05, 3.63) is 66.9 Å². The molecule has 5 rings (SSSR count). The second kappa shape index (κ2) is 7.66. The molecule has 31 heavy (non-hydrogen) atoms. The summed E-state index contributed by atoms with van der Waals surface area (Å²) in [5, 5.41) is 17.6. The van der Waals surface area contributed by atoms with Crippen LogP contribution in [0, 0.1) is 11.3 Å². The number of nitrogens with zero attached hydrogens (tertiary/aromatic N) is 6. The summed E-state index contributed by atoms with van der Waals surface area (Å²) in [6.07, 6.45) is 6.55. The fourth-order valence-electron chi connectivity index (χ4n) is 3.75. The van der Waals surface area contributed by atoms with Gasteiger partial charge < -0.3 is 10.1 Å². The quantitative estimate of drug-likeness (QED) is 0.535. The molecule has 0 radical (unpaired) electrons. The summed E-state index contributed by atoms with van der Waals surface area (Å²) in [6, 6.07) is 13.5. The van der Waals surface area contributed by atoms with Gasteiger partial charge in [0.2, 0.25) is 0 Å². The zero-order chi connectivity index (χ0) is 21.3. The Morgan fingerprint density at radius 1 is 1.23 bits per heavy atom. The number of hydrogen-bond donors (Lipinski definition) is 1. The molecule has 0 bridgehead atoms. The average molecular weight is 413 g/mol. The van der Waals surface area contributed by atoms with Crippen LogP contribution in [-0.2, 0) is 16.9 Å². The Labute approximate surface area is 177 Å². The molecule has 0 amide bonds. The van der Waals surface area contributed by atoms with Gasteiger partial charge in [0.05, 0.1) is 24.4 Å². The Morgan fingerprint density at radius 3 is 2.81 bits per heavy atom. The Bertz CT molecular complexity index is 1280. The van der Waals surface area contributed by atoms with Crippen LogP contribution in [0.5, 0.6) is 0 Å². The summed E-state index contributed by atoms with van der Waals surface area (Å²) < 4.78 is 8.64. The third-order valence-corrected chi connectivity index (χ3v) is 5.54. The zero-order valence-corrected chi connectivity index (χ0v) is 16.6. The van der Waals surface area contributed by atoms with E-state index in [1.165, 1.54) is 10.9 Å². The maximum atomic E-state index is 12.6. The third kappa shape index (κ3) is 3.33. The van der Waals surface area contributed by atoms with E-state index in [2.05, 4.69) is 26.5 Å². The first-order valence-electron chi connectivity index (χ1n) is 9.86. The van der Waals surface area contributed by atoms with Gasteiger partial charge in [-0.25, -0.2) is 19.3 Å². The second-order valence-corrected chi connectivity index (χ2v) is 7.52. The van der Waals surface area contributed by atoms with Crippen LogP contribution in [0.2, 0.25) is 0 Å². The first-order chi connectivity index (χ1) is 15.2. The van der Waals surface area contributed by atoms with Crippen molar-refractivity contribution in [3.8, 4) is 17.3 Å². The number of benzene rings is 1. The molecule has 4 heterocycles. The summed E-state index contributed by atoms with van der Waals surface area (Å²) in [5.74, 6) is 0. The standard InChI is InChI=1S/C22H19N7O2/c23-8-7-22(13-24-14-22)29-11-17(10-27-29)19-18-6-9-28(20(18)26-15-25-19)21(30)31-12-16-4-2-1-3-5-16/h1-6,9-11,15,24H,7,12-14H2. The van der Waals surface area contributed by atoms with E-state index in [4.69, 9.17) is 4.74 Å². The number of fused-ring (bicyclic) bond motifs is 1. The highest BCUT2D eigenvalue weighted by Gasteiger charge is 2.39. The number of aromatic nitrogens is 5. The van der Waals surface area contributed by atoms with E-state index >= 15 is 0 Å². The van der Waals surface area contributed by atoms with E-state index in [-0.39, 0.29) is 12.1 Å². The topological polar surface area (TPSA) is 111 Å². The lowest BCUT2D eigenvalue weighted by Gasteiger charge is -2.41. The smallest absolute Gasteiger partial charge is 0.420 e. The van der Waals surface area contributed by atoms with Crippen LogP contribution in [-0.4, -0.2) is 43.5 Å². The minimum absolute atomic E-state index is 0.180. The number of nitriles is 1. The van der Waals surface area contributed by atoms with Gasteiger partial charge in [0.15, 0.2) is 5.65 Å². The highest BCUT2D eigenvalue weighted by molar-refractivity contribution is 5.95. The van der Waals surface area contributed by atoms with Crippen LogP contribution in [0.4, 0.5) is 4.79 Å². The monoisotopic (exact) mass is 413 g/mol. The van der Waals surface area contributed by atoms with E-state index < -0.39 is 6.09 Å². The summed E-state index contributed by atoms with van der Waals surface area (Å²) in [7, 11) is 0. The molecule has 1 aliphatic heterocycles. The molecule has 1 aliphatic rings. The fraction of sp³-hybridized carbons (Fsp3) is 0.227. The van der Waals surface area contributed by atoms with Gasteiger partial charge in [-0.05, 0) is 11.6 Å². The molecule has 154 valence electrons. The molecular formula is C22H19N7O2. The lowest BCUT2D eigenvalue weighted by atomic mass is 9.89. The van der Waals surface area contributed by atoms with Gasteiger partial charge in [-0.3, -0.25) is 4.68 Å². The number of carbonyl (C=O) groups is 1. The molecule has 0 unspecified atom stereocenters. The molecule has 9 heteroatoms. The van der Waals surface area contributed by atoms with Gasteiger partial charge in [0, 0.05) is 36.4 Å². The van der Waals surface area contributed by atoms with Gasteiger partial charge in [0.25, 0.3) is 0 Å². The summed E-state index contributed by atoms with van der Waals surface area (Å²) in [6.45, 7) is 1.58. The van der Waals surface area contributed by atoms with Crippen molar-refractivity contribution in [2.45, 2.75) is 18.6 Å². The molecule has 1 fully saturated rings. The lowest BCUT2D eigenvalue weighted by molar-refractivity contribution is 0.142. The molecule has 1 saturated heterocycles. The normalized spacial score (nSPS) is 14.7. The molecule has 4 aromatic rings. The van der Waals surface area contributed by atoms with E-state index in [9.17, 15) is 10.1 Å². The summed E-state index contributed by atoms with van der Waals surface area (Å²) in [4.78, 5) is 21.3. The number of nitrogens with one attached hydrogen (secondary N) is 1. The van der Waals surface area contributed by atoms with Crippen LogP contribution in [0.1, 0.15) is 12.0 Å².